The summed E-state index contributed by atoms with van der Waals surface area (Å²) >= 11 is 5.07. The fraction of sp³-hybridized carbons (Fsp3) is 0.222. The first-order valence-corrected chi connectivity index (χ1v) is 3.99. The maximum Gasteiger partial charge on any atom is 0.337 e. The van der Waals surface area contributed by atoms with Crippen LogP contribution in [0.4, 0.5) is 0 Å². The molecule has 0 bridgehead atoms. The smallest absolute Gasteiger partial charge is 0.337 e. The number of hydrogen-bond acceptors (Lipinski definition) is 3. The Bertz CT molecular complexity index is 281. The Morgan fingerprint density at radius 1 is 1.38 bits per heavy atom. The second-order valence-corrected chi connectivity index (χ2v) is 2.66. The van der Waals surface area contributed by atoms with Crippen molar-refractivity contribution in [2.75, 3.05) is 7.11 Å². The third-order valence-electron chi connectivity index (χ3n) is 1.60. The first kappa shape index (κ1) is 10.0. The Labute approximate surface area is 81.4 Å². The van der Waals surface area contributed by atoms with Crippen molar-refractivity contribution in [1.82, 2.24) is 0 Å². The number of methoxy groups -OCH3 is 1. The largest absolute Gasteiger partial charge is 0.465 e. The van der Waals surface area contributed by atoms with Crippen LogP contribution in [0.5, 0.6) is 0 Å². The van der Waals surface area contributed by atoms with Gasteiger partial charge in [0.05, 0.1) is 31.1 Å². The molecule has 3 nitrogen and oxygen atoms in total. The van der Waals surface area contributed by atoms with Crippen molar-refractivity contribution >= 4 is 17.8 Å². The number of hydrogen-bond donors (Lipinski definition) is 0. The van der Waals surface area contributed by atoms with Gasteiger partial charge in [-0.1, -0.05) is 12.1 Å². The lowest BCUT2D eigenvalue weighted by Crippen LogP contribution is -2.00. The Morgan fingerprint density at radius 2 is 2.00 bits per heavy atom. The van der Waals surface area contributed by atoms with E-state index in [4.69, 9.17) is 11.9 Å². The summed E-state index contributed by atoms with van der Waals surface area (Å²) < 4.78 is 8.95. The Balaban J connectivity index is 2.75. The van der Waals surface area contributed by atoms with Crippen LogP contribution in [0.2, 0.25) is 0 Å². The SMILES string of the molecule is COC(=O)c1ccc(COCl)cc1. The third kappa shape index (κ3) is 2.72. The van der Waals surface area contributed by atoms with Crippen molar-refractivity contribution in [3.63, 3.8) is 0 Å². The van der Waals surface area contributed by atoms with Crippen LogP contribution in [0, 0.1) is 0 Å². The molecule has 0 heterocycles. The number of halogens is 1. The number of rotatable bonds is 3. The maximum atomic E-state index is 11.0. The summed E-state index contributed by atoms with van der Waals surface area (Å²) in [4.78, 5) is 11.0. The Hall–Kier alpha value is -1.06. The molecule has 0 aliphatic heterocycles. The number of esters is 1. The van der Waals surface area contributed by atoms with E-state index in [1.165, 1.54) is 7.11 Å². The topological polar surface area (TPSA) is 35.5 Å². The molecule has 1 aromatic carbocycles. The number of carbonyl (C=O) groups excluding carboxylic acids is 1. The quantitative estimate of drug-likeness (QED) is 0.702. The number of benzene rings is 1. The number of ether oxygens (including phenoxy) is 1. The summed E-state index contributed by atoms with van der Waals surface area (Å²) in [5, 5.41) is 0. The zero-order chi connectivity index (χ0) is 9.68. The van der Waals surface area contributed by atoms with Gasteiger partial charge in [-0.25, -0.2) is 4.79 Å². The monoisotopic (exact) mass is 200 g/mol. The van der Waals surface area contributed by atoms with Gasteiger partial charge in [0.1, 0.15) is 0 Å². The molecule has 0 saturated carbocycles. The molecule has 4 heteroatoms. The predicted octanol–water partition coefficient (Wildman–Crippen LogP) is 2.14. The van der Waals surface area contributed by atoms with Gasteiger partial charge in [0.15, 0.2) is 0 Å². The standard InChI is InChI=1S/C9H9ClO3/c1-12-9(11)8-4-2-7(3-5-8)6-13-10/h2-5H,6H2,1H3. The minimum Gasteiger partial charge on any atom is -0.465 e. The lowest BCUT2D eigenvalue weighted by atomic mass is 10.1. The second kappa shape index (κ2) is 4.84. The van der Waals surface area contributed by atoms with Crippen LogP contribution in [0.15, 0.2) is 24.3 Å². The molecule has 0 saturated heterocycles. The molecule has 13 heavy (non-hydrogen) atoms. The van der Waals surface area contributed by atoms with E-state index in [0.29, 0.717) is 12.2 Å². The van der Waals surface area contributed by atoms with Crippen LogP contribution >= 0.6 is 11.9 Å². The molecule has 0 amide bonds. The van der Waals surface area contributed by atoms with Crippen molar-refractivity contribution in [3.8, 4) is 0 Å². The van der Waals surface area contributed by atoms with E-state index < -0.39 is 0 Å². The maximum absolute atomic E-state index is 11.0. The van der Waals surface area contributed by atoms with E-state index >= 15 is 0 Å². The van der Waals surface area contributed by atoms with Gasteiger partial charge in [-0.15, -0.1) is 0 Å². The van der Waals surface area contributed by atoms with Gasteiger partial charge >= 0.3 is 5.97 Å². The van der Waals surface area contributed by atoms with Crippen molar-refractivity contribution in [2.24, 2.45) is 0 Å². The average molecular weight is 201 g/mol. The molecule has 0 atom stereocenters. The van der Waals surface area contributed by atoms with Gasteiger partial charge in [-0.2, -0.15) is 0 Å². The first-order chi connectivity index (χ1) is 6.27. The Morgan fingerprint density at radius 3 is 2.46 bits per heavy atom. The van der Waals surface area contributed by atoms with E-state index in [0.717, 1.165) is 5.56 Å². The van der Waals surface area contributed by atoms with Crippen LogP contribution in [0.25, 0.3) is 0 Å². The summed E-state index contributed by atoms with van der Waals surface area (Å²) in [6.45, 7) is 0.322. The van der Waals surface area contributed by atoms with Crippen molar-refractivity contribution in [2.45, 2.75) is 6.61 Å². The average Bonchev–Trinajstić information content (AvgIpc) is 2.18. The second-order valence-electron chi connectivity index (χ2n) is 2.44. The molecule has 0 aliphatic carbocycles. The van der Waals surface area contributed by atoms with Crippen LogP contribution in [0.1, 0.15) is 15.9 Å². The molecule has 70 valence electrons. The van der Waals surface area contributed by atoms with E-state index in [2.05, 4.69) is 9.03 Å². The van der Waals surface area contributed by atoms with Gasteiger partial charge in [-0.05, 0) is 17.7 Å². The van der Waals surface area contributed by atoms with Gasteiger partial charge in [0.2, 0.25) is 0 Å². The molecular weight excluding hydrogens is 192 g/mol. The van der Waals surface area contributed by atoms with E-state index in [1.54, 1.807) is 24.3 Å². The summed E-state index contributed by atoms with van der Waals surface area (Å²) in [5.74, 6) is -0.349. The molecule has 0 aromatic heterocycles. The van der Waals surface area contributed by atoms with Crippen molar-refractivity contribution < 1.29 is 13.8 Å². The van der Waals surface area contributed by atoms with Crippen molar-refractivity contribution in [1.29, 1.82) is 0 Å². The zero-order valence-electron chi connectivity index (χ0n) is 7.12. The van der Waals surface area contributed by atoms with E-state index in [9.17, 15) is 4.79 Å². The van der Waals surface area contributed by atoms with Crippen LogP contribution in [0.3, 0.4) is 0 Å². The van der Waals surface area contributed by atoms with E-state index in [-0.39, 0.29) is 5.97 Å². The normalized spacial score (nSPS) is 9.69. The fourth-order valence-corrected chi connectivity index (χ4v) is 1.04. The Kier molecular flexibility index (Phi) is 3.73. The van der Waals surface area contributed by atoms with Gasteiger partial charge in [-0.3, -0.25) is 4.29 Å². The summed E-state index contributed by atoms with van der Waals surface area (Å²) in [6, 6.07) is 6.84. The first-order valence-electron chi connectivity index (χ1n) is 3.68. The molecule has 0 unspecified atom stereocenters. The molecule has 1 rings (SSSR count). The lowest BCUT2D eigenvalue weighted by Gasteiger charge is -2.00. The fourth-order valence-electron chi connectivity index (χ4n) is 0.918. The minimum atomic E-state index is -0.349. The highest BCUT2D eigenvalue weighted by molar-refractivity contribution is 6.07. The third-order valence-corrected chi connectivity index (χ3v) is 1.71. The van der Waals surface area contributed by atoms with Gasteiger partial charge in [0.25, 0.3) is 0 Å². The molecule has 0 spiro atoms. The van der Waals surface area contributed by atoms with E-state index in [1.807, 2.05) is 0 Å². The zero-order valence-corrected chi connectivity index (χ0v) is 7.88. The predicted molar refractivity (Wildman–Crippen MR) is 48.4 cm³/mol. The highest BCUT2D eigenvalue weighted by Gasteiger charge is 2.03. The molecule has 0 fully saturated rings. The lowest BCUT2D eigenvalue weighted by molar-refractivity contribution is 0.0600. The van der Waals surface area contributed by atoms with Crippen molar-refractivity contribution in [3.05, 3.63) is 35.4 Å². The highest BCUT2D eigenvalue weighted by atomic mass is 35.5. The van der Waals surface area contributed by atoms with Gasteiger partial charge < -0.3 is 4.74 Å². The van der Waals surface area contributed by atoms with Gasteiger partial charge in [0, 0.05) is 0 Å². The van der Waals surface area contributed by atoms with Crippen LogP contribution in [-0.4, -0.2) is 13.1 Å². The molecule has 0 aliphatic rings. The molecule has 0 radical (unpaired) electrons. The van der Waals surface area contributed by atoms with Crippen LogP contribution < -0.4 is 0 Å². The molecule has 1 aromatic rings. The highest BCUT2D eigenvalue weighted by Crippen LogP contribution is 2.07. The minimum absolute atomic E-state index is 0.322. The van der Waals surface area contributed by atoms with Crippen LogP contribution in [-0.2, 0) is 15.6 Å². The molecule has 0 N–H and O–H groups in total. The molecular formula is C9H9ClO3. The summed E-state index contributed by atoms with van der Waals surface area (Å²) in [6.07, 6.45) is 0. The summed E-state index contributed by atoms with van der Waals surface area (Å²) in [5.41, 5.74) is 1.42. The summed E-state index contributed by atoms with van der Waals surface area (Å²) in [7, 11) is 1.35. The number of carbonyl (C=O) groups is 1.